The molecule has 5 rings (SSSR count). The Kier molecular flexibility index (Phi) is 8.72. The molecular weight excluding hydrogens is 550 g/mol. The smallest absolute Gasteiger partial charge is 0.264 e. The van der Waals surface area contributed by atoms with Crippen molar-refractivity contribution in [3.63, 3.8) is 0 Å². The summed E-state index contributed by atoms with van der Waals surface area (Å²) in [6, 6.07) is 19.6. The number of hydrogen-bond acceptors (Lipinski definition) is 8. The molecule has 40 heavy (non-hydrogen) atoms. The monoisotopic (exact) mass is 583 g/mol. The lowest BCUT2D eigenvalue weighted by molar-refractivity contribution is -0.131. The zero-order valence-electron chi connectivity index (χ0n) is 22.6. The van der Waals surface area contributed by atoms with Gasteiger partial charge in [-0.15, -0.1) is 11.8 Å². The van der Waals surface area contributed by atoms with E-state index in [0.29, 0.717) is 44.2 Å². The highest BCUT2D eigenvalue weighted by atomic mass is 32.2. The third kappa shape index (κ3) is 6.16. The van der Waals surface area contributed by atoms with Crippen LogP contribution in [0.3, 0.4) is 0 Å². The Morgan fingerprint density at radius 1 is 0.975 bits per heavy atom. The van der Waals surface area contributed by atoms with Crippen LogP contribution in [0.1, 0.15) is 12.5 Å². The van der Waals surface area contributed by atoms with E-state index >= 15 is 0 Å². The SMILES string of the molecule is CCOc1ccccc1N(CC(=O)N1CCN(Cc2ccc3c(c2)OCO3)CC1)S(=O)(=O)c1ccc(SC)cc1. The van der Waals surface area contributed by atoms with Crippen molar-refractivity contribution in [2.75, 3.05) is 56.7 Å². The minimum absolute atomic E-state index is 0.123. The average molecular weight is 584 g/mol. The van der Waals surface area contributed by atoms with Gasteiger partial charge in [-0.05, 0) is 67.3 Å². The molecule has 2 aliphatic rings. The molecule has 1 saturated heterocycles. The second-order valence-electron chi connectivity index (χ2n) is 9.43. The van der Waals surface area contributed by atoms with Crippen LogP contribution in [-0.4, -0.2) is 76.5 Å². The Hall–Kier alpha value is -3.41. The highest BCUT2D eigenvalue weighted by Gasteiger charge is 2.32. The Labute approximate surface area is 239 Å². The summed E-state index contributed by atoms with van der Waals surface area (Å²) in [5.41, 5.74) is 1.45. The second kappa shape index (κ2) is 12.4. The molecule has 0 bridgehead atoms. The Morgan fingerprint density at radius 2 is 1.70 bits per heavy atom. The molecule has 9 nitrogen and oxygen atoms in total. The van der Waals surface area contributed by atoms with E-state index in [0.717, 1.165) is 28.5 Å². The van der Waals surface area contributed by atoms with Gasteiger partial charge in [0.05, 0.1) is 17.2 Å². The molecule has 3 aromatic rings. The van der Waals surface area contributed by atoms with Gasteiger partial charge in [0.2, 0.25) is 12.7 Å². The van der Waals surface area contributed by atoms with Gasteiger partial charge in [0, 0.05) is 37.6 Å². The number of piperazine rings is 1. The van der Waals surface area contributed by atoms with E-state index in [1.54, 1.807) is 53.4 Å². The van der Waals surface area contributed by atoms with E-state index in [1.165, 1.54) is 16.1 Å². The minimum Gasteiger partial charge on any atom is -0.492 e. The largest absolute Gasteiger partial charge is 0.492 e. The Bertz CT molecular complexity index is 1440. The van der Waals surface area contributed by atoms with Crippen molar-refractivity contribution < 1.29 is 27.4 Å². The number of ether oxygens (including phenoxy) is 3. The van der Waals surface area contributed by atoms with Crippen LogP contribution in [0.2, 0.25) is 0 Å². The predicted molar refractivity (Wildman–Crippen MR) is 155 cm³/mol. The lowest BCUT2D eigenvalue weighted by Crippen LogP contribution is -2.51. The van der Waals surface area contributed by atoms with Gasteiger partial charge in [-0.2, -0.15) is 0 Å². The van der Waals surface area contributed by atoms with Crippen molar-refractivity contribution in [1.29, 1.82) is 0 Å². The molecule has 2 heterocycles. The number of thioether (sulfide) groups is 1. The van der Waals surface area contributed by atoms with Crippen LogP contribution >= 0.6 is 11.8 Å². The number of sulfonamides is 1. The molecule has 0 unspecified atom stereocenters. The molecule has 0 spiro atoms. The number of carbonyl (C=O) groups excluding carboxylic acids is 1. The molecular formula is C29H33N3O6S2. The fourth-order valence-corrected chi connectivity index (χ4v) is 6.62. The summed E-state index contributed by atoms with van der Waals surface area (Å²) in [4.78, 5) is 18.6. The molecule has 0 N–H and O–H groups in total. The zero-order chi connectivity index (χ0) is 28.1. The van der Waals surface area contributed by atoms with Crippen LogP contribution in [-0.2, 0) is 21.4 Å². The molecule has 0 atom stereocenters. The first-order valence-electron chi connectivity index (χ1n) is 13.2. The lowest BCUT2D eigenvalue weighted by Gasteiger charge is -2.36. The van der Waals surface area contributed by atoms with Crippen LogP contribution in [0.4, 0.5) is 5.69 Å². The van der Waals surface area contributed by atoms with Crippen molar-refractivity contribution in [3.05, 3.63) is 72.3 Å². The van der Waals surface area contributed by atoms with Gasteiger partial charge in [0.15, 0.2) is 11.5 Å². The van der Waals surface area contributed by atoms with Crippen LogP contribution in [0, 0.1) is 0 Å². The lowest BCUT2D eigenvalue weighted by atomic mass is 10.1. The number of hydrogen-bond donors (Lipinski definition) is 0. The van der Waals surface area contributed by atoms with Crippen molar-refractivity contribution >= 4 is 33.4 Å². The summed E-state index contributed by atoms with van der Waals surface area (Å²) in [7, 11) is -4.05. The van der Waals surface area contributed by atoms with Crippen molar-refractivity contribution in [1.82, 2.24) is 9.80 Å². The topological polar surface area (TPSA) is 88.6 Å². The maximum absolute atomic E-state index is 13.9. The number of amides is 1. The molecule has 0 radical (unpaired) electrons. The quantitative estimate of drug-likeness (QED) is 0.330. The van der Waals surface area contributed by atoms with Crippen molar-refractivity contribution in [2.45, 2.75) is 23.3 Å². The van der Waals surface area contributed by atoms with Gasteiger partial charge in [0.25, 0.3) is 10.0 Å². The normalized spacial score (nSPS) is 15.2. The summed E-state index contributed by atoms with van der Waals surface area (Å²) in [6.45, 7) is 5.23. The number of carbonyl (C=O) groups is 1. The third-order valence-electron chi connectivity index (χ3n) is 6.93. The number of anilines is 1. The van der Waals surface area contributed by atoms with Crippen LogP contribution in [0.5, 0.6) is 17.2 Å². The van der Waals surface area contributed by atoms with Gasteiger partial charge in [-0.1, -0.05) is 18.2 Å². The molecule has 11 heteroatoms. The second-order valence-corrected chi connectivity index (χ2v) is 12.2. The summed E-state index contributed by atoms with van der Waals surface area (Å²) in [5.74, 6) is 1.67. The van der Waals surface area contributed by atoms with Crippen LogP contribution in [0.15, 0.2) is 76.5 Å². The minimum atomic E-state index is -4.05. The standard InChI is InChI=1S/C29H33N3O6S2/c1-3-36-26-7-5-4-6-25(26)32(40(34,35)24-11-9-23(39-2)10-12-24)20-29(33)31-16-14-30(15-17-31)19-22-8-13-27-28(18-22)38-21-37-27/h4-13,18H,3,14-17,19-21H2,1-2H3. The van der Waals surface area contributed by atoms with E-state index in [4.69, 9.17) is 14.2 Å². The average Bonchev–Trinajstić information content (AvgIpc) is 3.45. The van der Waals surface area contributed by atoms with Gasteiger partial charge in [-0.3, -0.25) is 14.0 Å². The molecule has 1 fully saturated rings. The zero-order valence-corrected chi connectivity index (χ0v) is 24.2. The van der Waals surface area contributed by atoms with Gasteiger partial charge in [0.1, 0.15) is 12.3 Å². The summed E-state index contributed by atoms with van der Waals surface area (Å²) < 4.78 is 45.6. The van der Waals surface area contributed by atoms with Gasteiger partial charge in [-0.25, -0.2) is 8.42 Å². The molecule has 0 aliphatic carbocycles. The van der Waals surface area contributed by atoms with Crippen molar-refractivity contribution in [2.24, 2.45) is 0 Å². The summed E-state index contributed by atoms with van der Waals surface area (Å²) >= 11 is 1.53. The summed E-state index contributed by atoms with van der Waals surface area (Å²) in [6.07, 6.45) is 1.93. The maximum Gasteiger partial charge on any atom is 0.264 e. The Balaban J connectivity index is 1.31. The number of benzene rings is 3. The first-order chi connectivity index (χ1) is 19.4. The van der Waals surface area contributed by atoms with E-state index in [1.807, 2.05) is 31.4 Å². The molecule has 212 valence electrons. The highest BCUT2D eigenvalue weighted by Crippen LogP contribution is 2.34. The first kappa shape index (κ1) is 28.1. The van der Waals surface area contributed by atoms with Crippen LogP contribution in [0.25, 0.3) is 0 Å². The van der Waals surface area contributed by atoms with Crippen molar-refractivity contribution in [3.8, 4) is 17.2 Å². The summed E-state index contributed by atoms with van der Waals surface area (Å²) in [5, 5.41) is 0. The van der Waals surface area contributed by atoms with Crippen LogP contribution < -0.4 is 18.5 Å². The third-order valence-corrected chi connectivity index (χ3v) is 9.45. The number of rotatable bonds is 10. The van der Waals surface area contributed by atoms with E-state index < -0.39 is 10.0 Å². The molecule has 2 aliphatic heterocycles. The fraction of sp³-hybridized carbons (Fsp3) is 0.345. The Morgan fingerprint density at radius 3 is 2.42 bits per heavy atom. The van der Waals surface area contributed by atoms with E-state index in [9.17, 15) is 13.2 Å². The number of nitrogens with zero attached hydrogens (tertiary/aromatic N) is 3. The number of fused-ring (bicyclic) bond motifs is 1. The maximum atomic E-state index is 13.9. The first-order valence-corrected chi connectivity index (χ1v) is 15.8. The van der Waals surface area contributed by atoms with E-state index in [2.05, 4.69) is 4.90 Å². The van der Waals surface area contributed by atoms with Gasteiger partial charge >= 0.3 is 0 Å². The number of para-hydroxylation sites is 2. The molecule has 0 aromatic heterocycles. The molecule has 1 amide bonds. The fourth-order valence-electron chi connectivity index (χ4n) is 4.79. The molecule has 0 saturated carbocycles. The van der Waals surface area contributed by atoms with E-state index in [-0.39, 0.29) is 24.1 Å². The highest BCUT2D eigenvalue weighted by molar-refractivity contribution is 7.98. The predicted octanol–water partition coefficient (Wildman–Crippen LogP) is 4.08. The van der Waals surface area contributed by atoms with Gasteiger partial charge < -0.3 is 19.1 Å². The molecule has 3 aromatic carbocycles.